The number of benzene rings is 2. The molecule has 0 saturated carbocycles. The minimum atomic E-state index is -0.181. The average Bonchev–Trinajstić information content (AvgIpc) is 3.08. The van der Waals surface area contributed by atoms with Crippen LogP contribution in [0.25, 0.3) is 22.3 Å². The Morgan fingerprint density at radius 3 is 2.79 bits per heavy atom. The van der Waals surface area contributed by atoms with Gasteiger partial charge in [0.1, 0.15) is 22.8 Å². The molecule has 1 amide bonds. The number of carbonyl (C=O) groups is 1. The number of furan rings is 1. The topological polar surface area (TPSA) is 74.9 Å². The van der Waals surface area contributed by atoms with E-state index in [1.165, 1.54) is 6.42 Å². The second-order valence-electron chi connectivity index (χ2n) is 7.79. The van der Waals surface area contributed by atoms with Gasteiger partial charge in [0.25, 0.3) is 5.91 Å². The number of methoxy groups -OCH3 is 1. The Morgan fingerprint density at radius 1 is 1.17 bits per heavy atom. The highest BCUT2D eigenvalue weighted by atomic mass is 16.5. The standard InChI is InChI=1S/C23H24N2O4/c1-28-15-5-6-16-14(11-15)12-24-23(27)21-20-17(13-25-9-3-2-4-10-25)18(26)7-8-19(20)29-22(16)21/h5-8,11,26H,2-4,9-10,12-13H2,1H3,(H,24,27). The Hall–Kier alpha value is -2.99. The Labute approximate surface area is 169 Å². The third kappa shape index (κ3) is 3.04. The Balaban J connectivity index is 1.70. The number of nitrogens with one attached hydrogen (secondary N) is 1. The predicted molar refractivity (Wildman–Crippen MR) is 110 cm³/mol. The molecule has 1 saturated heterocycles. The van der Waals surface area contributed by atoms with Crippen molar-refractivity contribution in [3.63, 3.8) is 0 Å². The lowest BCUT2D eigenvalue weighted by molar-refractivity contribution is 0.0954. The maximum absolute atomic E-state index is 13.1. The molecule has 0 radical (unpaired) electrons. The van der Waals surface area contributed by atoms with Crippen LogP contribution in [0.5, 0.6) is 11.5 Å². The molecule has 2 aliphatic rings. The molecular formula is C23H24N2O4. The van der Waals surface area contributed by atoms with Gasteiger partial charge in [0.05, 0.1) is 12.7 Å². The zero-order valence-corrected chi connectivity index (χ0v) is 16.5. The molecule has 2 aromatic carbocycles. The number of hydrogen-bond acceptors (Lipinski definition) is 5. The van der Waals surface area contributed by atoms with Crippen LogP contribution in [0.3, 0.4) is 0 Å². The number of ether oxygens (including phenoxy) is 1. The van der Waals surface area contributed by atoms with E-state index in [-0.39, 0.29) is 11.7 Å². The molecule has 3 aromatic rings. The number of phenols is 1. The summed E-state index contributed by atoms with van der Waals surface area (Å²) in [6.45, 7) is 3.02. The number of hydrogen-bond donors (Lipinski definition) is 2. The van der Waals surface area contributed by atoms with Crippen LogP contribution in [0.15, 0.2) is 34.7 Å². The van der Waals surface area contributed by atoms with E-state index in [1.54, 1.807) is 19.2 Å². The van der Waals surface area contributed by atoms with Gasteiger partial charge >= 0.3 is 0 Å². The lowest BCUT2D eigenvalue weighted by atomic mass is 9.98. The first kappa shape index (κ1) is 18.1. The highest BCUT2D eigenvalue weighted by Crippen LogP contribution is 2.42. The fourth-order valence-electron chi connectivity index (χ4n) is 4.49. The predicted octanol–water partition coefficient (Wildman–Crippen LogP) is 4.04. The van der Waals surface area contributed by atoms with E-state index < -0.39 is 0 Å². The summed E-state index contributed by atoms with van der Waals surface area (Å²) in [7, 11) is 1.62. The summed E-state index contributed by atoms with van der Waals surface area (Å²) in [5.41, 5.74) is 3.71. The van der Waals surface area contributed by atoms with Gasteiger partial charge in [-0.05, 0) is 61.8 Å². The summed E-state index contributed by atoms with van der Waals surface area (Å²) < 4.78 is 11.5. The largest absolute Gasteiger partial charge is 0.508 e. The number of aromatic hydroxyl groups is 1. The van der Waals surface area contributed by atoms with Crippen molar-refractivity contribution in [3.05, 3.63) is 47.0 Å². The van der Waals surface area contributed by atoms with Crippen LogP contribution < -0.4 is 10.1 Å². The van der Waals surface area contributed by atoms with Gasteiger partial charge in [-0.2, -0.15) is 0 Å². The molecule has 0 spiro atoms. The van der Waals surface area contributed by atoms with E-state index in [1.807, 2.05) is 18.2 Å². The quantitative estimate of drug-likeness (QED) is 0.704. The molecule has 0 unspecified atom stereocenters. The number of likely N-dealkylation sites (tertiary alicyclic amines) is 1. The van der Waals surface area contributed by atoms with Gasteiger partial charge < -0.3 is 19.6 Å². The van der Waals surface area contributed by atoms with Crippen LogP contribution in [-0.4, -0.2) is 36.1 Å². The highest BCUT2D eigenvalue weighted by molar-refractivity contribution is 6.13. The molecule has 1 aromatic heterocycles. The highest BCUT2D eigenvalue weighted by Gasteiger charge is 2.30. The van der Waals surface area contributed by atoms with Crippen LogP contribution in [0.1, 0.15) is 40.7 Å². The summed E-state index contributed by atoms with van der Waals surface area (Å²) in [6, 6.07) is 9.13. The van der Waals surface area contributed by atoms with Gasteiger partial charge in [-0.25, -0.2) is 0 Å². The van der Waals surface area contributed by atoms with Crippen LogP contribution >= 0.6 is 0 Å². The minimum absolute atomic E-state index is 0.181. The number of nitrogens with zero attached hydrogens (tertiary/aromatic N) is 1. The van der Waals surface area contributed by atoms with Crippen LogP contribution in [-0.2, 0) is 13.1 Å². The van der Waals surface area contributed by atoms with E-state index in [9.17, 15) is 9.90 Å². The fraction of sp³-hybridized carbons (Fsp3) is 0.348. The van der Waals surface area contributed by atoms with Gasteiger partial charge in [-0.3, -0.25) is 9.69 Å². The normalized spacial score (nSPS) is 16.8. The van der Waals surface area contributed by atoms with Gasteiger partial charge in [-0.1, -0.05) is 6.42 Å². The maximum Gasteiger partial charge on any atom is 0.256 e. The number of rotatable bonds is 3. The van der Waals surface area contributed by atoms with Crippen molar-refractivity contribution in [2.45, 2.75) is 32.4 Å². The average molecular weight is 392 g/mol. The van der Waals surface area contributed by atoms with E-state index in [2.05, 4.69) is 10.2 Å². The molecule has 0 atom stereocenters. The fourth-order valence-corrected chi connectivity index (χ4v) is 4.49. The number of piperidine rings is 1. The van der Waals surface area contributed by atoms with E-state index in [0.717, 1.165) is 48.4 Å². The number of phenolic OH excluding ortho intramolecular Hbond substituents is 1. The monoisotopic (exact) mass is 392 g/mol. The number of fused-ring (bicyclic) bond motifs is 5. The molecule has 2 aliphatic heterocycles. The minimum Gasteiger partial charge on any atom is -0.508 e. The molecule has 150 valence electrons. The van der Waals surface area contributed by atoms with Crippen molar-refractivity contribution in [2.24, 2.45) is 0 Å². The smallest absolute Gasteiger partial charge is 0.256 e. The van der Waals surface area contributed by atoms with Crippen molar-refractivity contribution < 1.29 is 19.1 Å². The van der Waals surface area contributed by atoms with Gasteiger partial charge in [-0.15, -0.1) is 0 Å². The lowest BCUT2D eigenvalue weighted by Crippen LogP contribution is -2.29. The third-order valence-electron chi connectivity index (χ3n) is 5.99. The summed E-state index contributed by atoms with van der Waals surface area (Å²) in [5, 5.41) is 14.4. The van der Waals surface area contributed by atoms with Gasteiger partial charge in [0.15, 0.2) is 0 Å². The zero-order chi connectivity index (χ0) is 20.0. The first-order valence-corrected chi connectivity index (χ1v) is 10.1. The van der Waals surface area contributed by atoms with E-state index in [0.29, 0.717) is 35.4 Å². The molecular weight excluding hydrogens is 368 g/mol. The van der Waals surface area contributed by atoms with Gasteiger partial charge in [0.2, 0.25) is 0 Å². The van der Waals surface area contributed by atoms with Crippen LogP contribution in [0, 0.1) is 0 Å². The SMILES string of the molecule is COc1ccc2c(c1)CNC(=O)c1c-2oc2ccc(O)c(CN3CCCCC3)c12. The van der Waals surface area contributed by atoms with Crippen molar-refractivity contribution in [2.75, 3.05) is 20.2 Å². The molecule has 6 nitrogen and oxygen atoms in total. The Morgan fingerprint density at radius 2 is 2.00 bits per heavy atom. The third-order valence-corrected chi connectivity index (χ3v) is 5.99. The summed E-state index contributed by atoms with van der Waals surface area (Å²) in [5.74, 6) is 1.32. The second kappa shape index (κ2) is 7.12. The number of carbonyl (C=O) groups excluding carboxylic acids is 1. The molecule has 5 rings (SSSR count). The molecule has 29 heavy (non-hydrogen) atoms. The van der Waals surface area contributed by atoms with Crippen molar-refractivity contribution in [1.82, 2.24) is 10.2 Å². The van der Waals surface area contributed by atoms with Crippen molar-refractivity contribution >= 4 is 16.9 Å². The molecule has 2 N–H and O–H groups in total. The van der Waals surface area contributed by atoms with Gasteiger partial charge in [0, 0.05) is 29.6 Å². The van der Waals surface area contributed by atoms with E-state index >= 15 is 0 Å². The Kier molecular flexibility index (Phi) is 4.43. The van der Waals surface area contributed by atoms with Crippen LogP contribution in [0.2, 0.25) is 0 Å². The second-order valence-corrected chi connectivity index (χ2v) is 7.79. The lowest BCUT2D eigenvalue weighted by Gasteiger charge is -2.27. The Bertz CT molecular complexity index is 1100. The first-order chi connectivity index (χ1) is 14.2. The first-order valence-electron chi connectivity index (χ1n) is 10.1. The van der Waals surface area contributed by atoms with E-state index in [4.69, 9.17) is 9.15 Å². The summed E-state index contributed by atoms with van der Waals surface area (Å²) in [6.07, 6.45) is 3.57. The molecule has 3 heterocycles. The molecule has 0 bridgehead atoms. The summed E-state index contributed by atoms with van der Waals surface area (Å²) >= 11 is 0. The zero-order valence-electron chi connectivity index (χ0n) is 16.5. The molecule has 0 aliphatic carbocycles. The summed E-state index contributed by atoms with van der Waals surface area (Å²) in [4.78, 5) is 15.4. The van der Waals surface area contributed by atoms with Crippen molar-refractivity contribution in [1.29, 1.82) is 0 Å². The maximum atomic E-state index is 13.1. The molecule has 1 fully saturated rings. The molecule has 6 heteroatoms. The number of amides is 1. The van der Waals surface area contributed by atoms with Crippen LogP contribution in [0.4, 0.5) is 0 Å². The van der Waals surface area contributed by atoms with Crippen molar-refractivity contribution in [3.8, 4) is 22.8 Å².